The van der Waals surface area contributed by atoms with Crippen LogP contribution in [0.3, 0.4) is 0 Å². The van der Waals surface area contributed by atoms with Gasteiger partial charge < -0.3 is 10.1 Å². The van der Waals surface area contributed by atoms with Crippen molar-refractivity contribution in [2.24, 2.45) is 0 Å². The number of nitrogens with one attached hydrogen (secondary N) is 1. The van der Waals surface area contributed by atoms with Crippen LogP contribution < -0.4 is 5.32 Å². The maximum absolute atomic E-state index is 12.2. The van der Waals surface area contributed by atoms with E-state index in [0.717, 1.165) is 21.2 Å². The Morgan fingerprint density at radius 3 is 2.52 bits per heavy atom. The second kappa shape index (κ2) is 8.93. The van der Waals surface area contributed by atoms with Gasteiger partial charge in [-0.05, 0) is 40.6 Å². The molecular weight excluding hydrogens is 358 g/mol. The molecule has 134 valence electrons. The fourth-order valence-electron chi connectivity index (χ4n) is 2.48. The van der Waals surface area contributed by atoms with Crippen molar-refractivity contribution in [3.8, 4) is 11.8 Å². The Hall–Kier alpha value is -3.23. The molecular formula is C22H17NO3S. The number of benzene rings is 3. The fraction of sp³-hybridized carbons (Fsp3) is 0.0909. The van der Waals surface area contributed by atoms with Crippen molar-refractivity contribution in [2.75, 3.05) is 6.54 Å². The Balaban J connectivity index is 1.50. The molecule has 0 bridgehead atoms. The Labute approximate surface area is 163 Å². The monoisotopic (exact) mass is 375 g/mol. The van der Waals surface area contributed by atoms with Gasteiger partial charge in [0, 0.05) is 16.4 Å². The average molecular weight is 375 g/mol. The van der Waals surface area contributed by atoms with Crippen molar-refractivity contribution >= 4 is 35.3 Å². The minimum Gasteiger partial charge on any atom is -0.451 e. The minimum atomic E-state index is -0.624. The smallest absolute Gasteiger partial charge is 0.384 e. The normalized spacial score (nSPS) is 9.96. The molecule has 27 heavy (non-hydrogen) atoms. The van der Waals surface area contributed by atoms with Crippen LogP contribution in [0.15, 0.2) is 71.6 Å². The predicted molar refractivity (Wildman–Crippen MR) is 108 cm³/mol. The minimum absolute atomic E-state index is 0.0624. The van der Waals surface area contributed by atoms with E-state index in [1.54, 1.807) is 12.1 Å². The molecule has 0 radical (unpaired) electrons. The van der Waals surface area contributed by atoms with E-state index < -0.39 is 5.97 Å². The lowest BCUT2D eigenvalue weighted by Crippen LogP contribution is -2.23. The van der Waals surface area contributed by atoms with Crippen molar-refractivity contribution < 1.29 is 14.3 Å². The van der Waals surface area contributed by atoms with Gasteiger partial charge in [-0.15, -0.1) is 12.6 Å². The maximum Gasteiger partial charge on any atom is 0.384 e. The first-order valence-corrected chi connectivity index (χ1v) is 8.77. The third kappa shape index (κ3) is 5.37. The standard InChI is InChI=1S/C22H17NO3S/c24-21(26-15-16-5-2-1-3-6-16)7-4-12-23-22(25)19-9-8-18-14-20(27)11-10-17(18)13-19/h1-3,5-6,8-11,13-14,27H,12,15H2,(H,23,25). The van der Waals surface area contributed by atoms with Crippen LogP contribution in [0, 0.1) is 11.8 Å². The Bertz CT molecular complexity index is 1040. The van der Waals surface area contributed by atoms with Crippen LogP contribution in [0.1, 0.15) is 15.9 Å². The number of ether oxygens (including phenoxy) is 1. The first kappa shape index (κ1) is 18.6. The average Bonchev–Trinajstić information content (AvgIpc) is 2.70. The largest absolute Gasteiger partial charge is 0.451 e. The molecule has 1 N–H and O–H groups in total. The SMILES string of the molecule is O=C(C#CCNC(=O)c1ccc2cc(S)ccc2c1)OCc1ccccc1. The first-order chi connectivity index (χ1) is 13.1. The van der Waals surface area contributed by atoms with Gasteiger partial charge in [-0.2, -0.15) is 0 Å². The summed E-state index contributed by atoms with van der Waals surface area (Å²) in [7, 11) is 0. The molecule has 0 unspecified atom stereocenters. The Morgan fingerprint density at radius 1 is 0.963 bits per heavy atom. The predicted octanol–water partition coefficient (Wildman–Crippen LogP) is 3.61. The lowest BCUT2D eigenvalue weighted by molar-refractivity contribution is -0.137. The maximum atomic E-state index is 12.2. The van der Waals surface area contributed by atoms with Gasteiger partial charge in [0.15, 0.2) is 0 Å². The van der Waals surface area contributed by atoms with E-state index >= 15 is 0 Å². The molecule has 3 aromatic carbocycles. The van der Waals surface area contributed by atoms with Crippen molar-refractivity contribution in [1.29, 1.82) is 0 Å². The van der Waals surface area contributed by atoms with Gasteiger partial charge in [-0.3, -0.25) is 4.79 Å². The molecule has 5 heteroatoms. The molecule has 0 fully saturated rings. The number of amides is 1. The zero-order chi connectivity index (χ0) is 19.1. The molecule has 0 aromatic heterocycles. The van der Waals surface area contributed by atoms with E-state index in [0.29, 0.717) is 5.56 Å². The lowest BCUT2D eigenvalue weighted by atomic mass is 10.1. The number of thiol groups is 1. The quantitative estimate of drug-likeness (QED) is 0.317. The summed E-state index contributed by atoms with van der Waals surface area (Å²) in [5, 5.41) is 4.64. The van der Waals surface area contributed by atoms with Gasteiger partial charge in [0.05, 0.1) is 6.54 Å². The molecule has 4 nitrogen and oxygen atoms in total. The van der Waals surface area contributed by atoms with E-state index in [4.69, 9.17) is 4.74 Å². The lowest BCUT2D eigenvalue weighted by Gasteiger charge is -2.04. The summed E-state index contributed by atoms with van der Waals surface area (Å²) in [5.41, 5.74) is 1.42. The van der Waals surface area contributed by atoms with E-state index in [2.05, 4.69) is 29.8 Å². The summed E-state index contributed by atoms with van der Waals surface area (Å²) in [4.78, 5) is 24.7. The molecule has 3 aromatic rings. The zero-order valence-electron chi connectivity index (χ0n) is 14.4. The first-order valence-electron chi connectivity index (χ1n) is 8.32. The molecule has 0 saturated carbocycles. The number of hydrogen-bond acceptors (Lipinski definition) is 4. The molecule has 1 amide bonds. The highest BCUT2D eigenvalue weighted by Gasteiger charge is 2.05. The number of fused-ring (bicyclic) bond motifs is 1. The molecule has 0 aliphatic rings. The molecule has 0 heterocycles. The summed E-state index contributed by atoms with van der Waals surface area (Å²) in [6, 6.07) is 20.5. The molecule has 3 rings (SSSR count). The number of carbonyl (C=O) groups excluding carboxylic acids is 2. The highest BCUT2D eigenvalue weighted by Crippen LogP contribution is 2.19. The van der Waals surface area contributed by atoms with Crippen molar-refractivity contribution in [3.63, 3.8) is 0 Å². The van der Waals surface area contributed by atoms with Crippen LogP contribution in [0.4, 0.5) is 0 Å². The fourth-order valence-corrected chi connectivity index (χ4v) is 2.69. The van der Waals surface area contributed by atoms with E-state index in [1.165, 1.54) is 0 Å². The number of esters is 1. The van der Waals surface area contributed by atoms with Gasteiger partial charge in [0.2, 0.25) is 0 Å². The Kier molecular flexibility index (Phi) is 6.14. The third-order valence-electron chi connectivity index (χ3n) is 3.83. The van der Waals surface area contributed by atoms with Crippen molar-refractivity contribution in [3.05, 3.63) is 77.9 Å². The van der Waals surface area contributed by atoms with Crippen molar-refractivity contribution in [1.82, 2.24) is 5.32 Å². The van der Waals surface area contributed by atoms with Gasteiger partial charge in [-0.25, -0.2) is 4.79 Å². The zero-order valence-corrected chi connectivity index (χ0v) is 15.3. The summed E-state index contributed by atoms with van der Waals surface area (Å²) in [6.45, 7) is 0.235. The van der Waals surface area contributed by atoms with Gasteiger partial charge in [0.1, 0.15) is 6.61 Å². The highest BCUT2D eigenvalue weighted by atomic mass is 32.1. The summed E-state index contributed by atoms with van der Waals surface area (Å²) in [5.74, 6) is 4.09. The summed E-state index contributed by atoms with van der Waals surface area (Å²) >= 11 is 4.30. The Morgan fingerprint density at radius 2 is 1.70 bits per heavy atom. The van der Waals surface area contributed by atoms with Crippen LogP contribution >= 0.6 is 12.6 Å². The van der Waals surface area contributed by atoms with Crippen LogP contribution in [0.2, 0.25) is 0 Å². The molecule has 0 aliphatic carbocycles. The number of carbonyl (C=O) groups is 2. The molecule has 0 saturated heterocycles. The van der Waals surface area contributed by atoms with Crippen molar-refractivity contribution in [2.45, 2.75) is 11.5 Å². The van der Waals surface area contributed by atoms with Crippen LogP contribution in [-0.4, -0.2) is 18.4 Å². The summed E-state index contributed by atoms with van der Waals surface area (Å²) in [6.07, 6.45) is 0. The van der Waals surface area contributed by atoms with Gasteiger partial charge in [0.25, 0.3) is 5.91 Å². The van der Waals surface area contributed by atoms with E-state index in [1.807, 2.05) is 54.6 Å². The summed E-state index contributed by atoms with van der Waals surface area (Å²) < 4.78 is 5.05. The number of hydrogen-bond donors (Lipinski definition) is 2. The third-order valence-corrected chi connectivity index (χ3v) is 4.10. The van der Waals surface area contributed by atoms with Gasteiger partial charge >= 0.3 is 5.97 Å². The van der Waals surface area contributed by atoms with Gasteiger partial charge in [-0.1, -0.05) is 48.4 Å². The molecule has 0 atom stereocenters. The van der Waals surface area contributed by atoms with Crippen LogP contribution in [-0.2, 0) is 16.1 Å². The number of rotatable bonds is 4. The molecule has 0 aliphatic heterocycles. The topological polar surface area (TPSA) is 55.4 Å². The second-order valence-electron chi connectivity index (χ2n) is 5.79. The van der Waals surface area contributed by atoms with Crippen LogP contribution in [0.5, 0.6) is 0 Å². The van der Waals surface area contributed by atoms with E-state index in [9.17, 15) is 9.59 Å². The molecule has 0 spiro atoms. The highest BCUT2D eigenvalue weighted by molar-refractivity contribution is 7.80. The van der Waals surface area contributed by atoms with E-state index in [-0.39, 0.29) is 19.1 Å². The second-order valence-corrected chi connectivity index (χ2v) is 6.31. The van der Waals surface area contributed by atoms with Crippen LogP contribution in [0.25, 0.3) is 10.8 Å².